The highest BCUT2D eigenvalue weighted by Gasteiger charge is 2.32. The summed E-state index contributed by atoms with van der Waals surface area (Å²) in [5.74, 6) is 0. The van der Waals surface area contributed by atoms with Crippen molar-refractivity contribution in [2.45, 2.75) is 20.1 Å². The van der Waals surface area contributed by atoms with Gasteiger partial charge in [0.1, 0.15) is 0 Å². The quantitative estimate of drug-likeness (QED) is 0.322. The maximum absolute atomic E-state index is 11.2. The second-order valence-electron chi connectivity index (χ2n) is 3.11. The van der Waals surface area contributed by atoms with Gasteiger partial charge in [-0.25, -0.2) is 4.79 Å². The summed E-state index contributed by atoms with van der Waals surface area (Å²) in [6.07, 6.45) is -3.33. The van der Waals surface area contributed by atoms with Crippen molar-refractivity contribution < 1.29 is 19.7 Å². The highest BCUT2D eigenvalue weighted by Crippen LogP contribution is 2.30. The van der Waals surface area contributed by atoms with Gasteiger partial charge in [0.25, 0.3) is 0 Å². The van der Waals surface area contributed by atoms with E-state index in [0.29, 0.717) is 0 Å². The minimum absolute atomic E-state index is 0.0454. The first-order chi connectivity index (χ1) is 8.44. The molecule has 0 aromatic heterocycles. The lowest BCUT2D eigenvalue weighted by molar-refractivity contribution is -0.0933. The zero-order valence-electron chi connectivity index (χ0n) is 9.05. The maximum atomic E-state index is 11.2. The summed E-state index contributed by atoms with van der Waals surface area (Å²) in [6.45, 7) is -0.192. The van der Waals surface area contributed by atoms with Gasteiger partial charge in [0.05, 0.1) is 6.61 Å². The molecule has 2 amide bonds. The molecule has 0 rings (SSSR count). The van der Waals surface area contributed by atoms with Crippen molar-refractivity contribution in [2.75, 3.05) is 13.2 Å². The summed E-state index contributed by atoms with van der Waals surface area (Å²) in [7, 11) is 0. The van der Waals surface area contributed by atoms with Crippen LogP contribution in [0.25, 0.3) is 0 Å². The molecule has 114 valence electrons. The Hall–Kier alpha value is 0.890. The van der Waals surface area contributed by atoms with Gasteiger partial charge in [-0.2, -0.15) is 0 Å². The van der Waals surface area contributed by atoms with E-state index in [-0.39, 0.29) is 13.2 Å². The van der Waals surface area contributed by atoms with Crippen LogP contribution in [0.1, 0.15) is 0 Å². The summed E-state index contributed by atoms with van der Waals surface area (Å²) in [6, 6.07) is -0.814. The molecule has 2 atom stereocenters. The monoisotopic (exact) mass is 396 g/mol. The standard InChI is InChI=1S/C7H10Cl6N2O4/c8-6(9,10)3(16)15-5(18)14-1-2-19-4(17)7(11,12)13/h3-4,16-17H,1-2H2,(H2,14,15,18). The van der Waals surface area contributed by atoms with Crippen LogP contribution in [0, 0.1) is 0 Å². The zero-order chi connectivity index (χ0) is 15.3. The third-order valence-electron chi connectivity index (χ3n) is 1.52. The zero-order valence-corrected chi connectivity index (χ0v) is 13.6. The van der Waals surface area contributed by atoms with Crippen molar-refractivity contribution in [1.82, 2.24) is 10.6 Å². The number of alkyl halides is 6. The number of carbonyl (C=O) groups excluding carboxylic acids is 1. The van der Waals surface area contributed by atoms with Gasteiger partial charge < -0.3 is 25.6 Å². The van der Waals surface area contributed by atoms with Gasteiger partial charge in [0.15, 0.2) is 6.23 Å². The van der Waals surface area contributed by atoms with Crippen molar-refractivity contribution >= 4 is 75.6 Å². The molecule has 0 bridgehead atoms. The smallest absolute Gasteiger partial charge is 0.316 e. The van der Waals surface area contributed by atoms with Crippen LogP contribution < -0.4 is 10.6 Å². The normalized spacial score (nSPS) is 15.8. The molecule has 12 heteroatoms. The highest BCUT2D eigenvalue weighted by atomic mass is 35.6. The summed E-state index contributed by atoms with van der Waals surface area (Å²) in [5, 5.41) is 22.6. The third kappa shape index (κ3) is 9.44. The van der Waals surface area contributed by atoms with Gasteiger partial charge in [-0.15, -0.1) is 0 Å². The number of aliphatic hydroxyl groups excluding tert-OH is 2. The Morgan fingerprint density at radius 1 is 1.11 bits per heavy atom. The van der Waals surface area contributed by atoms with Gasteiger partial charge in [-0.05, 0) is 0 Å². The van der Waals surface area contributed by atoms with E-state index < -0.39 is 26.1 Å². The van der Waals surface area contributed by atoms with Crippen molar-refractivity contribution in [2.24, 2.45) is 0 Å². The first-order valence-corrected chi connectivity index (χ1v) is 6.87. The average Bonchev–Trinajstić information content (AvgIpc) is 2.21. The van der Waals surface area contributed by atoms with Crippen LogP contribution in [0.5, 0.6) is 0 Å². The number of nitrogens with one attached hydrogen (secondary N) is 2. The number of carbonyl (C=O) groups is 1. The fourth-order valence-electron chi connectivity index (χ4n) is 0.687. The Balaban J connectivity index is 3.82. The van der Waals surface area contributed by atoms with Crippen LogP contribution >= 0.6 is 69.6 Å². The molecule has 6 nitrogen and oxygen atoms in total. The molecule has 0 fully saturated rings. The lowest BCUT2D eigenvalue weighted by atomic mass is 10.6. The largest absolute Gasteiger partial charge is 0.369 e. The first-order valence-electron chi connectivity index (χ1n) is 4.60. The lowest BCUT2D eigenvalue weighted by Crippen LogP contribution is -2.48. The fourth-order valence-corrected chi connectivity index (χ4v) is 1.04. The number of hydrogen-bond acceptors (Lipinski definition) is 4. The van der Waals surface area contributed by atoms with Crippen LogP contribution in [0.2, 0.25) is 0 Å². The number of aliphatic hydroxyl groups is 2. The summed E-state index contributed by atoms with van der Waals surface area (Å²) in [4.78, 5) is 11.2. The maximum Gasteiger partial charge on any atom is 0.316 e. The Labute approximate surface area is 139 Å². The number of rotatable bonds is 5. The van der Waals surface area contributed by atoms with Crippen LogP contribution in [-0.4, -0.2) is 49.5 Å². The van der Waals surface area contributed by atoms with E-state index in [9.17, 15) is 9.90 Å². The minimum Gasteiger partial charge on any atom is -0.369 e. The Morgan fingerprint density at radius 2 is 1.63 bits per heavy atom. The van der Waals surface area contributed by atoms with Gasteiger partial charge in [0, 0.05) is 6.54 Å². The number of ether oxygens (including phenoxy) is 1. The van der Waals surface area contributed by atoms with E-state index >= 15 is 0 Å². The van der Waals surface area contributed by atoms with Crippen molar-refractivity contribution in [3.8, 4) is 0 Å². The molecule has 0 saturated heterocycles. The summed E-state index contributed by atoms with van der Waals surface area (Å²) in [5.41, 5.74) is 0. The van der Waals surface area contributed by atoms with E-state index in [1.165, 1.54) is 0 Å². The fraction of sp³-hybridized carbons (Fsp3) is 0.857. The molecule has 2 unspecified atom stereocenters. The van der Waals surface area contributed by atoms with Gasteiger partial charge in [0.2, 0.25) is 13.9 Å². The molecule has 19 heavy (non-hydrogen) atoms. The predicted molar refractivity (Wildman–Crippen MR) is 75.1 cm³/mol. The molecule has 0 aliphatic carbocycles. The SMILES string of the molecule is O=C(NCCOC(O)C(Cl)(Cl)Cl)NC(O)C(Cl)(Cl)Cl. The van der Waals surface area contributed by atoms with Crippen LogP contribution in [0.15, 0.2) is 0 Å². The topological polar surface area (TPSA) is 90.8 Å². The first kappa shape index (κ1) is 19.9. The third-order valence-corrected chi connectivity index (χ3v) is 2.70. The number of halogens is 6. The van der Waals surface area contributed by atoms with E-state index in [0.717, 1.165) is 0 Å². The van der Waals surface area contributed by atoms with E-state index in [4.69, 9.17) is 79.4 Å². The molecule has 0 heterocycles. The number of urea groups is 1. The van der Waals surface area contributed by atoms with E-state index in [1.54, 1.807) is 0 Å². The second-order valence-corrected chi connectivity index (χ2v) is 7.85. The van der Waals surface area contributed by atoms with Gasteiger partial charge >= 0.3 is 6.03 Å². The molecular weight excluding hydrogens is 389 g/mol. The minimum atomic E-state index is -2.06. The molecule has 0 radical (unpaired) electrons. The number of amides is 2. The Bertz CT molecular complexity index is 294. The molecule has 0 saturated carbocycles. The molecule has 0 aromatic rings. The van der Waals surface area contributed by atoms with Crippen LogP contribution in [-0.2, 0) is 4.74 Å². The van der Waals surface area contributed by atoms with Gasteiger partial charge in [-0.3, -0.25) is 0 Å². The summed E-state index contributed by atoms with van der Waals surface area (Å²) < 4.78 is 0.657. The van der Waals surface area contributed by atoms with Crippen LogP contribution in [0.4, 0.5) is 4.79 Å². The van der Waals surface area contributed by atoms with E-state index in [1.807, 2.05) is 5.32 Å². The van der Waals surface area contributed by atoms with E-state index in [2.05, 4.69) is 5.32 Å². The molecule has 0 aromatic carbocycles. The van der Waals surface area contributed by atoms with Crippen molar-refractivity contribution in [3.05, 3.63) is 0 Å². The average molecular weight is 399 g/mol. The van der Waals surface area contributed by atoms with Gasteiger partial charge in [-0.1, -0.05) is 69.6 Å². The number of hydrogen-bond donors (Lipinski definition) is 4. The Morgan fingerprint density at radius 3 is 2.05 bits per heavy atom. The second kappa shape index (κ2) is 8.36. The van der Waals surface area contributed by atoms with Crippen LogP contribution in [0.3, 0.4) is 0 Å². The predicted octanol–water partition coefficient (Wildman–Crippen LogP) is 1.68. The highest BCUT2D eigenvalue weighted by molar-refractivity contribution is 6.68. The van der Waals surface area contributed by atoms with Crippen molar-refractivity contribution in [3.63, 3.8) is 0 Å². The molecule has 0 aliphatic heterocycles. The molecular formula is C7H10Cl6N2O4. The summed E-state index contributed by atoms with van der Waals surface area (Å²) >= 11 is 31.9. The molecule has 0 spiro atoms. The lowest BCUT2D eigenvalue weighted by Gasteiger charge is -2.21. The van der Waals surface area contributed by atoms with Crippen molar-refractivity contribution in [1.29, 1.82) is 0 Å². The Kier molecular flexibility index (Phi) is 8.75. The molecule has 0 aliphatic rings. The molecule has 4 N–H and O–H groups in total.